The lowest BCUT2D eigenvalue weighted by atomic mass is 10.2. The van der Waals surface area contributed by atoms with E-state index in [2.05, 4.69) is 25.3 Å². The summed E-state index contributed by atoms with van der Waals surface area (Å²) in [5.74, 6) is 0.289. The Bertz CT molecular complexity index is 139. The lowest BCUT2D eigenvalue weighted by Crippen LogP contribution is -2.25. The first-order valence-electron chi connectivity index (χ1n) is 4.59. The molecule has 2 nitrogen and oxygen atoms in total. The van der Waals surface area contributed by atoms with E-state index in [1.807, 2.05) is 0 Å². The normalized spacial score (nSPS) is 10.2. The summed E-state index contributed by atoms with van der Waals surface area (Å²) in [6.45, 7) is 10.7. The van der Waals surface area contributed by atoms with Crippen LogP contribution in [0, 0.1) is 0 Å². The average molecular weight is 169 g/mol. The van der Waals surface area contributed by atoms with Crippen molar-refractivity contribution >= 4 is 5.78 Å². The molecule has 0 saturated carbocycles. The molecule has 0 heterocycles. The fraction of sp³-hybridized carbons (Fsp3) is 0.700. The van der Waals surface area contributed by atoms with Crippen LogP contribution in [-0.4, -0.2) is 30.3 Å². The summed E-state index contributed by atoms with van der Waals surface area (Å²) >= 11 is 0. The number of ketones is 1. The summed E-state index contributed by atoms with van der Waals surface area (Å²) in [5, 5.41) is 0. The van der Waals surface area contributed by atoms with Gasteiger partial charge in [-0.2, -0.15) is 0 Å². The Balaban J connectivity index is 3.51. The molecule has 0 unspecified atom stereocenters. The van der Waals surface area contributed by atoms with E-state index in [-0.39, 0.29) is 5.78 Å². The summed E-state index contributed by atoms with van der Waals surface area (Å²) in [6.07, 6.45) is 2.85. The standard InChI is InChI=1S/C10H19NO/c1-4-7-10(12)8-9-11(5-2)6-3/h4H,1,5-9H2,2-3H3. The summed E-state index contributed by atoms with van der Waals surface area (Å²) < 4.78 is 0. The first-order valence-corrected chi connectivity index (χ1v) is 4.59. The molecule has 0 spiro atoms. The second kappa shape index (κ2) is 7.04. The molecule has 0 aromatic rings. The highest BCUT2D eigenvalue weighted by atomic mass is 16.1. The second-order valence-corrected chi connectivity index (χ2v) is 2.81. The van der Waals surface area contributed by atoms with Gasteiger partial charge in [0.15, 0.2) is 0 Å². The Labute approximate surface area is 75.3 Å². The van der Waals surface area contributed by atoms with E-state index in [4.69, 9.17) is 0 Å². The fourth-order valence-corrected chi connectivity index (χ4v) is 1.09. The minimum atomic E-state index is 0.289. The Hall–Kier alpha value is -0.630. The number of allylic oxidation sites excluding steroid dienone is 1. The predicted molar refractivity (Wildman–Crippen MR) is 52.2 cm³/mol. The van der Waals surface area contributed by atoms with Gasteiger partial charge in [0.25, 0.3) is 0 Å². The molecule has 0 N–H and O–H groups in total. The molecule has 0 fully saturated rings. The van der Waals surface area contributed by atoms with Crippen LogP contribution in [0.5, 0.6) is 0 Å². The lowest BCUT2D eigenvalue weighted by molar-refractivity contribution is -0.118. The summed E-state index contributed by atoms with van der Waals surface area (Å²) in [5.41, 5.74) is 0. The highest BCUT2D eigenvalue weighted by molar-refractivity contribution is 5.79. The van der Waals surface area contributed by atoms with E-state index in [0.717, 1.165) is 19.6 Å². The number of Topliss-reactive ketones (excluding diaryl/α,β-unsaturated/α-hetero) is 1. The van der Waals surface area contributed by atoms with Gasteiger partial charge in [0.1, 0.15) is 5.78 Å². The van der Waals surface area contributed by atoms with Crippen LogP contribution < -0.4 is 0 Å². The van der Waals surface area contributed by atoms with Crippen molar-refractivity contribution in [1.29, 1.82) is 0 Å². The molecule has 0 amide bonds. The van der Waals surface area contributed by atoms with Crippen LogP contribution in [0.4, 0.5) is 0 Å². The number of carbonyl (C=O) groups excluding carboxylic acids is 1. The maximum atomic E-state index is 11.1. The van der Waals surface area contributed by atoms with Crippen molar-refractivity contribution in [3.8, 4) is 0 Å². The van der Waals surface area contributed by atoms with Gasteiger partial charge in [-0.3, -0.25) is 4.79 Å². The first-order chi connectivity index (χ1) is 5.74. The molecule has 0 aromatic heterocycles. The van der Waals surface area contributed by atoms with E-state index >= 15 is 0 Å². The van der Waals surface area contributed by atoms with Gasteiger partial charge in [0, 0.05) is 19.4 Å². The van der Waals surface area contributed by atoms with Crippen molar-refractivity contribution in [1.82, 2.24) is 4.90 Å². The van der Waals surface area contributed by atoms with Gasteiger partial charge in [-0.05, 0) is 13.1 Å². The van der Waals surface area contributed by atoms with Crippen molar-refractivity contribution in [3.63, 3.8) is 0 Å². The van der Waals surface area contributed by atoms with E-state index in [9.17, 15) is 4.79 Å². The molecule has 0 aliphatic heterocycles. The Morgan fingerprint density at radius 2 is 2.00 bits per heavy atom. The van der Waals surface area contributed by atoms with Gasteiger partial charge in [-0.1, -0.05) is 19.9 Å². The largest absolute Gasteiger partial charge is 0.303 e. The molecule has 0 aromatic carbocycles. The smallest absolute Gasteiger partial charge is 0.137 e. The third-order valence-corrected chi connectivity index (χ3v) is 1.97. The molecule has 0 saturated heterocycles. The molecule has 0 aliphatic rings. The molecule has 0 radical (unpaired) electrons. The highest BCUT2D eigenvalue weighted by Gasteiger charge is 2.02. The quantitative estimate of drug-likeness (QED) is 0.542. The summed E-state index contributed by atoms with van der Waals surface area (Å²) in [4.78, 5) is 13.3. The Kier molecular flexibility index (Phi) is 6.67. The maximum Gasteiger partial charge on any atom is 0.137 e. The average Bonchev–Trinajstić information content (AvgIpc) is 2.07. The van der Waals surface area contributed by atoms with Crippen molar-refractivity contribution in [3.05, 3.63) is 12.7 Å². The van der Waals surface area contributed by atoms with Crippen molar-refractivity contribution in [2.24, 2.45) is 0 Å². The van der Waals surface area contributed by atoms with Gasteiger partial charge >= 0.3 is 0 Å². The van der Waals surface area contributed by atoms with Crippen molar-refractivity contribution < 1.29 is 4.79 Å². The molecule has 0 bridgehead atoms. The van der Waals surface area contributed by atoms with Crippen LogP contribution in [0.15, 0.2) is 12.7 Å². The van der Waals surface area contributed by atoms with Crippen molar-refractivity contribution in [2.45, 2.75) is 26.7 Å². The zero-order chi connectivity index (χ0) is 9.40. The Morgan fingerprint density at radius 1 is 1.42 bits per heavy atom. The second-order valence-electron chi connectivity index (χ2n) is 2.81. The van der Waals surface area contributed by atoms with Gasteiger partial charge < -0.3 is 4.90 Å². The van der Waals surface area contributed by atoms with Crippen LogP contribution in [0.2, 0.25) is 0 Å². The summed E-state index contributed by atoms with van der Waals surface area (Å²) in [6, 6.07) is 0. The zero-order valence-electron chi connectivity index (χ0n) is 8.18. The van der Waals surface area contributed by atoms with Crippen LogP contribution in [0.25, 0.3) is 0 Å². The number of hydrogen-bond donors (Lipinski definition) is 0. The molecule has 0 aliphatic carbocycles. The van der Waals surface area contributed by atoms with Crippen LogP contribution >= 0.6 is 0 Å². The van der Waals surface area contributed by atoms with E-state index in [1.165, 1.54) is 0 Å². The molecule has 0 atom stereocenters. The predicted octanol–water partition coefficient (Wildman–Crippen LogP) is 1.86. The number of hydrogen-bond acceptors (Lipinski definition) is 2. The third-order valence-electron chi connectivity index (χ3n) is 1.97. The lowest BCUT2D eigenvalue weighted by Gasteiger charge is -2.16. The maximum absolute atomic E-state index is 11.1. The molecule has 12 heavy (non-hydrogen) atoms. The van der Waals surface area contributed by atoms with Gasteiger partial charge in [-0.15, -0.1) is 6.58 Å². The SMILES string of the molecule is C=CCC(=O)CCN(CC)CC. The van der Waals surface area contributed by atoms with E-state index < -0.39 is 0 Å². The van der Waals surface area contributed by atoms with Gasteiger partial charge in [0.05, 0.1) is 0 Å². The third kappa shape index (κ3) is 5.08. The number of nitrogens with zero attached hydrogens (tertiary/aromatic N) is 1. The fourth-order valence-electron chi connectivity index (χ4n) is 1.09. The monoisotopic (exact) mass is 169 g/mol. The van der Waals surface area contributed by atoms with Gasteiger partial charge in [-0.25, -0.2) is 0 Å². The van der Waals surface area contributed by atoms with Crippen LogP contribution in [-0.2, 0) is 4.79 Å². The Morgan fingerprint density at radius 3 is 2.42 bits per heavy atom. The van der Waals surface area contributed by atoms with Gasteiger partial charge in [0.2, 0.25) is 0 Å². The van der Waals surface area contributed by atoms with Crippen LogP contribution in [0.1, 0.15) is 26.7 Å². The molecular formula is C10H19NO. The highest BCUT2D eigenvalue weighted by Crippen LogP contribution is 1.95. The van der Waals surface area contributed by atoms with Crippen LogP contribution in [0.3, 0.4) is 0 Å². The first kappa shape index (κ1) is 11.4. The van der Waals surface area contributed by atoms with E-state index in [0.29, 0.717) is 12.8 Å². The topological polar surface area (TPSA) is 20.3 Å². The number of carbonyl (C=O) groups is 1. The number of rotatable bonds is 7. The minimum absolute atomic E-state index is 0.289. The molecule has 70 valence electrons. The zero-order valence-corrected chi connectivity index (χ0v) is 8.18. The van der Waals surface area contributed by atoms with E-state index in [1.54, 1.807) is 6.08 Å². The summed E-state index contributed by atoms with van der Waals surface area (Å²) in [7, 11) is 0. The molecular weight excluding hydrogens is 150 g/mol. The molecule has 2 heteroatoms. The minimum Gasteiger partial charge on any atom is -0.303 e. The molecule has 0 rings (SSSR count). The van der Waals surface area contributed by atoms with Crippen molar-refractivity contribution in [2.75, 3.05) is 19.6 Å².